The zero-order valence-corrected chi connectivity index (χ0v) is 12.3. The molecule has 0 spiro atoms. The minimum Gasteiger partial charge on any atom is -0.326 e. The Morgan fingerprint density at radius 1 is 1.30 bits per heavy atom. The van der Waals surface area contributed by atoms with E-state index >= 15 is 0 Å². The Labute approximate surface area is 118 Å². The molecule has 2 aromatic rings. The van der Waals surface area contributed by atoms with Gasteiger partial charge in [0.1, 0.15) is 0 Å². The molecule has 6 nitrogen and oxygen atoms in total. The van der Waals surface area contributed by atoms with E-state index < -0.39 is 10.0 Å². The number of benzene rings is 1. The van der Waals surface area contributed by atoms with Crippen molar-refractivity contribution >= 4 is 10.0 Å². The van der Waals surface area contributed by atoms with Crippen LogP contribution >= 0.6 is 0 Å². The number of rotatable bonds is 5. The number of sulfonamides is 1. The van der Waals surface area contributed by atoms with Crippen LogP contribution in [0.3, 0.4) is 0 Å². The maximum Gasteiger partial charge on any atom is 0.260 e. The number of aromatic amines is 1. The third-order valence-corrected chi connectivity index (χ3v) is 4.91. The van der Waals surface area contributed by atoms with Gasteiger partial charge in [-0.05, 0) is 12.5 Å². The molecular formula is C13H18N4O2S. The lowest BCUT2D eigenvalue weighted by Gasteiger charge is -2.17. The smallest absolute Gasteiger partial charge is 0.260 e. The molecule has 0 unspecified atom stereocenters. The molecule has 0 fully saturated rings. The van der Waals surface area contributed by atoms with Gasteiger partial charge >= 0.3 is 0 Å². The van der Waals surface area contributed by atoms with Crippen LogP contribution in [0.2, 0.25) is 0 Å². The first kappa shape index (κ1) is 14.7. The molecule has 0 aliphatic carbocycles. The topological polar surface area (TPSA) is 92.1 Å². The van der Waals surface area contributed by atoms with E-state index in [9.17, 15) is 8.42 Å². The van der Waals surface area contributed by atoms with Gasteiger partial charge in [0.2, 0.25) is 0 Å². The normalized spacial score (nSPS) is 12.0. The zero-order chi connectivity index (χ0) is 14.8. The number of aromatic nitrogens is 2. The first-order chi connectivity index (χ1) is 9.45. The van der Waals surface area contributed by atoms with Crippen molar-refractivity contribution in [3.05, 3.63) is 47.2 Å². The molecule has 0 radical (unpaired) electrons. The van der Waals surface area contributed by atoms with Gasteiger partial charge in [-0.1, -0.05) is 29.8 Å². The van der Waals surface area contributed by atoms with Crippen LogP contribution in [0.25, 0.3) is 0 Å². The van der Waals surface area contributed by atoms with Crippen molar-refractivity contribution in [2.75, 3.05) is 7.05 Å². The highest BCUT2D eigenvalue weighted by Crippen LogP contribution is 2.18. The SMILES string of the molecule is Cc1ccc(CN(C)S(=O)(=O)c2[nH]ncc2CN)cc1. The Kier molecular flexibility index (Phi) is 4.22. The molecule has 1 heterocycles. The summed E-state index contributed by atoms with van der Waals surface area (Å²) < 4.78 is 26.2. The maximum absolute atomic E-state index is 12.4. The van der Waals surface area contributed by atoms with E-state index in [1.54, 1.807) is 0 Å². The highest BCUT2D eigenvalue weighted by Gasteiger charge is 2.25. The molecular weight excluding hydrogens is 276 g/mol. The fourth-order valence-corrected chi connectivity index (χ4v) is 3.13. The Hall–Kier alpha value is -1.70. The monoisotopic (exact) mass is 294 g/mol. The molecule has 0 aliphatic rings. The fourth-order valence-electron chi connectivity index (χ4n) is 1.86. The molecule has 0 atom stereocenters. The van der Waals surface area contributed by atoms with Crippen LogP contribution in [-0.4, -0.2) is 30.0 Å². The van der Waals surface area contributed by atoms with Crippen LogP contribution < -0.4 is 5.73 Å². The zero-order valence-electron chi connectivity index (χ0n) is 11.5. The second-order valence-corrected chi connectivity index (χ2v) is 6.66. The standard InChI is InChI=1S/C13H18N4O2S/c1-10-3-5-11(6-4-10)9-17(2)20(18,19)13-12(7-14)8-15-16-13/h3-6,8H,7,9,14H2,1-2H3,(H,15,16). The highest BCUT2D eigenvalue weighted by atomic mass is 32.2. The first-order valence-electron chi connectivity index (χ1n) is 6.19. The summed E-state index contributed by atoms with van der Waals surface area (Å²) >= 11 is 0. The molecule has 0 amide bonds. The predicted octanol–water partition coefficient (Wildman–Crippen LogP) is 0.998. The van der Waals surface area contributed by atoms with Crippen molar-refractivity contribution in [1.29, 1.82) is 0 Å². The van der Waals surface area contributed by atoms with Crippen LogP contribution in [0.1, 0.15) is 16.7 Å². The second kappa shape index (κ2) is 5.74. The van der Waals surface area contributed by atoms with Crippen LogP contribution in [-0.2, 0) is 23.1 Å². The molecule has 0 aliphatic heterocycles. The molecule has 20 heavy (non-hydrogen) atoms. The summed E-state index contributed by atoms with van der Waals surface area (Å²) in [6.45, 7) is 2.41. The van der Waals surface area contributed by atoms with Crippen molar-refractivity contribution in [3.8, 4) is 0 Å². The minimum atomic E-state index is -3.61. The number of nitrogens with zero attached hydrogens (tertiary/aromatic N) is 2. The highest BCUT2D eigenvalue weighted by molar-refractivity contribution is 7.89. The Balaban J connectivity index is 2.23. The quantitative estimate of drug-likeness (QED) is 0.860. The van der Waals surface area contributed by atoms with Gasteiger partial charge in [-0.15, -0.1) is 0 Å². The van der Waals surface area contributed by atoms with E-state index in [-0.39, 0.29) is 11.6 Å². The van der Waals surface area contributed by atoms with Gasteiger partial charge in [0, 0.05) is 25.7 Å². The lowest BCUT2D eigenvalue weighted by atomic mass is 10.1. The molecule has 108 valence electrons. The number of hydrogen-bond donors (Lipinski definition) is 2. The van der Waals surface area contributed by atoms with Gasteiger partial charge < -0.3 is 5.73 Å². The second-order valence-electron chi connectivity index (χ2n) is 4.68. The van der Waals surface area contributed by atoms with E-state index in [0.29, 0.717) is 12.1 Å². The van der Waals surface area contributed by atoms with Gasteiger partial charge in [0.25, 0.3) is 10.0 Å². The summed E-state index contributed by atoms with van der Waals surface area (Å²) in [5.41, 5.74) is 8.07. The lowest BCUT2D eigenvalue weighted by Crippen LogP contribution is -2.27. The summed E-state index contributed by atoms with van der Waals surface area (Å²) in [7, 11) is -2.07. The summed E-state index contributed by atoms with van der Waals surface area (Å²) in [6, 6.07) is 7.74. The van der Waals surface area contributed by atoms with E-state index in [0.717, 1.165) is 11.1 Å². The Morgan fingerprint density at radius 3 is 2.55 bits per heavy atom. The van der Waals surface area contributed by atoms with Crippen molar-refractivity contribution in [1.82, 2.24) is 14.5 Å². The van der Waals surface area contributed by atoms with Crippen LogP contribution in [0.15, 0.2) is 35.5 Å². The lowest BCUT2D eigenvalue weighted by molar-refractivity contribution is 0.463. The number of hydrogen-bond acceptors (Lipinski definition) is 4. The minimum absolute atomic E-state index is 0.0645. The van der Waals surface area contributed by atoms with Gasteiger partial charge in [-0.3, -0.25) is 5.10 Å². The molecule has 7 heteroatoms. The Morgan fingerprint density at radius 2 is 1.95 bits per heavy atom. The van der Waals surface area contributed by atoms with Gasteiger partial charge in [-0.25, -0.2) is 8.42 Å². The molecule has 1 aromatic carbocycles. The van der Waals surface area contributed by atoms with Crippen molar-refractivity contribution in [3.63, 3.8) is 0 Å². The molecule has 2 rings (SSSR count). The molecule has 3 N–H and O–H groups in total. The van der Waals surface area contributed by atoms with E-state index in [1.807, 2.05) is 31.2 Å². The number of nitrogens with one attached hydrogen (secondary N) is 1. The summed E-state index contributed by atoms with van der Waals surface area (Å²) in [6.07, 6.45) is 1.44. The van der Waals surface area contributed by atoms with E-state index in [2.05, 4.69) is 10.2 Å². The predicted molar refractivity (Wildman–Crippen MR) is 76.3 cm³/mol. The third kappa shape index (κ3) is 2.90. The van der Waals surface area contributed by atoms with Gasteiger partial charge in [-0.2, -0.15) is 9.40 Å². The largest absolute Gasteiger partial charge is 0.326 e. The summed E-state index contributed by atoms with van der Waals surface area (Å²) in [5.74, 6) is 0. The number of aryl methyl sites for hydroxylation is 1. The van der Waals surface area contributed by atoms with Gasteiger partial charge in [0.05, 0.1) is 6.20 Å². The van der Waals surface area contributed by atoms with E-state index in [4.69, 9.17) is 5.73 Å². The van der Waals surface area contributed by atoms with Crippen molar-refractivity contribution < 1.29 is 8.42 Å². The van der Waals surface area contributed by atoms with Crippen LogP contribution in [0.5, 0.6) is 0 Å². The third-order valence-electron chi connectivity index (χ3n) is 3.09. The number of nitrogens with two attached hydrogens (primary N) is 1. The average molecular weight is 294 g/mol. The fraction of sp³-hybridized carbons (Fsp3) is 0.308. The molecule has 0 bridgehead atoms. The Bertz CT molecular complexity index is 677. The summed E-state index contributed by atoms with van der Waals surface area (Å²) in [4.78, 5) is 0. The summed E-state index contributed by atoms with van der Waals surface area (Å²) in [5, 5.41) is 6.33. The van der Waals surface area contributed by atoms with Crippen molar-refractivity contribution in [2.24, 2.45) is 5.73 Å². The first-order valence-corrected chi connectivity index (χ1v) is 7.63. The van der Waals surface area contributed by atoms with Crippen molar-refractivity contribution in [2.45, 2.75) is 25.0 Å². The maximum atomic E-state index is 12.4. The van der Waals surface area contributed by atoms with Crippen LogP contribution in [0.4, 0.5) is 0 Å². The average Bonchev–Trinajstić information content (AvgIpc) is 2.90. The molecule has 0 saturated carbocycles. The molecule has 1 aromatic heterocycles. The number of H-pyrrole nitrogens is 1. The van der Waals surface area contributed by atoms with Crippen LogP contribution in [0, 0.1) is 6.92 Å². The molecule has 0 saturated heterocycles. The van der Waals surface area contributed by atoms with Gasteiger partial charge in [0.15, 0.2) is 5.03 Å². The van der Waals surface area contributed by atoms with E-state index in [1.165, 1.54) is 17.5 Å².